The van der Waals surface area contributed by atoms with Gasteiger partial charge in [0.05, 0.1) is 6.61 Å². The van der Waals surface area contributed by atoms with E-state index in [9.17, 15) is 13.2 Å². The minimum absolute atomic E-state index is 0.194. The van der Waals surface area contributed by atoms with Gasteiger partial charge in [-0.1, -0.05) is 6.92 Å². The van der Waals surface area contributed by atoms with Crippen molar-refractivity contribution < 1.29 is 17.9 Å². The lowest BCUT2D eigenvalue weighted by atomic mass is 10.1. The summed E-state index contributed by atoms with van der Waals surface area (Å²) in [7, 11) is 1.86. The molecular weight excluding hydrogens is 233 g/mol. The minimum Gasteiger partial charge on any atom is -0.352 e. The first-order valence-corrected chi connectivity index (χ1v) is 5.50. The summed E-state index contributed by atoms with van der Waals surface area (Å²) < 4.78 is 40.7. The van der Waals surface area contributed by atoms with Crippen LogP contribution in [0.15, 0.2) is 18.5 Å². The molecular formula is C11H17F3N2O. The Labute approximate surface area is 98.6 Å². The predicted molar refractivity (Wildman–Crippen MR) is 58.5 cm³/mol. The van der Waals surface area contributed by atoms with Crippen LogP contribution >= 0.6 is 0 Å². The molecule has 17 heavy (non-hydrogen) atoms. The van der Waals surface area contributed by atoms with Crippen molar-refractivity contribution in [2.75, 3.05) is 13.7 Å². The zero-order valence-electron chi connectivity index (χ0n) is 9.92. The van der Waals surface area contributed by atoms with Gasteiger partial charge in [0, 0.05) is 25.0 Å². The van der Waals surface area contributed by atoms with Gasteiger partial charge in [-0.25, -0.2) is 0 Å². The standard InChI is InChI=1S/C11H17F3N2O/c1-3-10(15-2)9-4-5-16(8-9)6-7-17-11(12,13)14/h4-5,8,10,15H,3,6-7H2,1-2H3. The lowest BCUT2D eigenvalue weighted by molar-refractivity contribution is -0.325. The van der Waals surface area contributed by atoms with E-state index in [1.54, 1.807) is 10.8 Å². The highest BCUT2D eigenvalue weighted by atomic mass is 19.4. The Morgan fingerprint density at radius 1 is 1.47 bits per heavy atom. The largest absolute Gasteiger partial charge is 0.522 e. The molecule has 0 aliphatic carbocycles. The van der Waals surface area contributed by atoms with Crippen molar-refractivity contribution in [1.82, 2.24) is 9.88 Å². The predicted octanol–water partition coefficient (Wildman–Crippen LogP) is 2.70. The number of ether oxygens (including phenoxy) is 1. The van der Waals surface area contributed by atoms with Gasteiger partial charge in [-0.05, 0) is 25.1 Å². The average Bonchev–Trinajstić information content (AvgIpc) is 2.67. The number of hydrogen-bond donors (Lipinski definition) is 1. The fraction of sp³-hybridized carbons (Fsp3) is 0.636. The summed E-state index contributed by atoms with van der Waals surface area (Å²) in [5.41, 5.74) is 1.07. The van der Waals surface area contributed by atoms with Crippen LogP contribution in [0.25, 0.3) is 0 Å². The van der Waals surface area contributed by atoms with Gasteiger partial charge < -0.3 is 9.88 Å². The highest BCUT2D eigenvalue weighted by Crippen LogP contribution is 2.18. The van der Waals surface area contributed by atoms with Gasteiger partial charge >= 0.3 is 6.36 Å². The normalized spacial score (nSPS) is 13.9. The van der Waals surface area contributed by atoms with E-state index in [2.05, 4.69) is 10.1 Å². The lowest BCUT2D eigenvalue weighted by Gasteiger charge is -2.11. The Morgan fingerprint density at radius 2 is 2.18 bits per heavy atom. The molecule has 1 heterocycles. The number of halogens is 3. The van der Waals surface area contributed by atoms with Gasteiger partial charge in [-0.15, -0.1) is 13.2 Å². The second kappa shape index (κ2) is 6.07. The summed E-state index contributed by atoms with van der Waals surface area (Å²) in [5, 5.41) is 3.14. The third kappa shape index (κ3) is 4.79. The van der Waals surface area contributed by atoms with E-state index < -0.39 is 6.36 Å². The molecule has 1 atom stereocenters. The summed E-state index contributed by atoms with van der Waals surface area (Å²) in [6.07, 6.45) is -0.0219. The van der Waals surface area contributed by atoms with Crippen LogP contribution in [0, 0.1) is 0 Å². The molecule has 0 aliphatic heterocycles. The molecule has 0 saturated carbocycles. The molecule has 1 aromatic heterocycles. The summed E-state index contributed by atoms with van der Waals surface area (Å²) in [6.45, 7) is 1.87. The number of alkyl halides is 3. The monoisotopic (exact) mass is 250 g/mol. The van der Waals surface area contributed by atoms with Crippen LogP contribution in [0.4, 0.5) is 13.2 Å². The van der Waals surface area contributed by atoms with Gasteiger partial charge in [0.1, 0.15) is 0 Å². The Hall–Kier alpha value is -1.01. The van der Waals surface area contributed by atoms with E-state index >= 15 is 0 Å². The molecule has 0 fully saturated rings. The van der Waals surface area contributed by atoms with Gasteiger partial charge in [-0.3, -0.25) is 4.74 Å². The van der Waals surface area contributed by atoms with Crippen LogP contribution in [-0.2, 0) is 11.3 Å². The van der Waals surface area contributed by atoms with Crippen LogP contribution in [0.1, 0.15) is 24.9 Å². The molecule has 1 aromatic rings. The van der Waals surface area contributed by atoms with Crippen LogP contribution in [0.5, 0.6) is 0 Å². The van der Waals surface area contributed by atoms with E-state index in [1.807, 2.05) is 26.2 Å². The first-order valence-electron chi connectivity index (χ1n) is 5.50. The number of hydrogen-bond acceptors (Lipinski definition) is 2. The maximum atomic E-state index is 11.8. The molecule has 1 rings (SSSR count). The first kappa shape index (κ1) is 14.1. The Morgan fingerprint density at radius 3 is 2.71 bits per heavy atom. The van der Waals surface area contributed by atoms with E-state index in [0.29, 0.717) is 0 Å². The van der Waals surface area contributed by atoms with Crippen LogP contribution in [0.3, 0.4) is 0 Å². The summed E-state index contributed by atoms with van der Waals surface area (Å²) in [6, 6.07) is 2.14. The molecule has 0 amide bonds. The average molecular weight is 250 g/mol. The molecule has 0 spiro atoms. The maximum absolute atomic E-state index is 11.8. The molecule has 0 bridgehead atoms. The van der Waals surface area contributed by atoms with Crippen molar-refractivity contribution in [3.63, 3.8) is 0 Å². The summed E-state index contributed by atoms with van der Waals surface area (Å²) in [4.78, 5) is 0. The zero-order chi connectivity index (χ0) is 12.9. The number of nitrogens with one attached hydrogen (secondary N) is 1. The SMILES string of the molecule is CCC(NC)c1ccn(CCOC(F)(F)F)c1. The lowest BCUT2D eigenvalue weighted by Crippen LogP contribution is -2.17. The van der Waals surface area contributed by atoms with Gasteiger partial charge in [0.2, 0.25) is 0 Å². The smallest absolute Gasteiger partial charge is 0.352 e. The third-order valence-corrected chi connectivity index (χ3v) is 2.55. The topological polar surface area (TPSA) is 26.2 Å². The number of nitrogens with zero attached hydrogens (tertiary/aromatic N) is 1. The maximum Gasteiger partial charge on any atom is 0.522 e. The summed E-state index contributed by atoms with van der Waals surface area (Å²) >= 11 is 0. The highest BCUT2D eigenvalue weighted by molar-refractivity contribution is 5.15. The molecule has 3 nitrogen and oxygen atoms in total. The molecule has 0 saturated heterocycles. The van der Waals surface area contributed by atoms with Gasteiger partial charge in [-0.2, -0.15) is 0 Å². The van der Waals surface area contributed by atoms with Gasteiger partial charge in [0.25, 0.3) is 0 Å². The molecule has 0 aliphatic rings. The Balaban J connectivity index is 2.46. The third-order valence-electron chi connectivity index (χ3n) is 2.55. The Bertz CT molecular complexity index is 332. The molecule has 6 heteroatoms. The quantitative estimate of drug-likeness (QED) is 0.840. The molecule has 98 valence electrons. The molecule has 0 radical (unpaired) electrons. The van der Waals surface area contributed by atoms with E-state index in [4.69, 9.17) is 0 Å². The van der Waals surface area contributed by atoms with Crippen molar-refractivity contribution in [2.24, 2.45) is 0 Å². The highest BCUT2D eigenvalue weighted by Gasteiger charge is 2.28. The van der Waals surface area contributed by atoms with Crippen LogP contribution in [-0.4, -0.2) is 24.6 Å². The second-order valence-electron chi connectivity index (χ2n) is 3.73. The van der Waals surface area contributed by atoms with Crippen LogP contribution < -0.4 is 5.32 Å². The fourth-order valence-electron chi connectivity index (χ4n) is 1.68. The van der Waals surface area contributed by atoms with Crippen LogP contribution in [0.2, 0.25) is 0 Å². The molecule has 1 N–H and O–H groups in total. The van der Waals surface area contributed by atoms with E-state index in [0.717, 1.165) is 12.0 Å². The van der Waals surface area contributed by atoms with E-state index in [1.165, 1.54) is 0 Å². The fourth-order valence-corrected chi connectivity index (χ4v) is 1.68. The van der Waals surface area contributed by atoms with Gasteiger partial charge in [0.15, 0.2) is 0 Å². The zero-order valence-corrected chi connectivity index (χ0v) is 9.92. The number of rotatable bonds is 6. The van der Waals surface area contributed by atoms with Crippen molar-refractivity contribution in [3.05, 3.63) is 24.0 Å². The second-order valence-corrected chi connectivity index (χ2v) is 3.73. The van der Waals surface area contributed by atoms with E-state index in [-0.39, 0.29) is 19.2 Å². The molecule has 0 aromatic carbocycles. The van der Waals surface area contributed by atoms with Crippen molar-refractivity contribution in [3.8, 4) is 0 Å². The number of aromatic nitrogens is 1. The molecule has 1 unspecified atom stereocenters. The van der Waals surface area contributed by atoms with Crippen molar-refractivity contribution in [2.45, 2.75) is 32.3 Å². The first-order chi connectivity index (χ1) is 7.96. The van der Waals surface area contributed by atoms with Crippen molar-refractivity contribution >= 4 is 0 Å². The minimum atomic E-state index is -4.55. The Kier molecular flexibility index (Phi) is 5.02. The summed E-state index contributed by atoms with van der Waals surface area (Å²) in [5.74, 6) is 0. The van der Waals surface area contributed by atoms with Crippen molar-refractivity contribution in [1.29, 1.82) is 0 Å².